The molecule has 0 radical (unpaired) electrons. The minimum absolute atomic E-state index is 0.726. The molecule has 0 amide bonds. The van der Waals surface area contributed by atoms with E-state index in [2.05, 4.69) is 27.1 Å². The van der Waals surface area contributed by atoms with Gasteiger partial charge in [0.15, 0.2) is 0 Å². The number of fused-ring (bicyclic) bond motifs is 1. The summed E-state index contributed by atoms with van der Waals surface area (Å²) in [6.07, 6.45) is 1.83. The van der Waals surface area contributed by atoms with E-state index in [0.717, 1.165) is 60.9 Å². The molecule has 0 aliphatic carbocycles. The number of rotatable bonds is 4. The number of nitrogens with one attached hydrogen (secondary N) is 1. The first-order valence-corrected chi connectivity index (χ1v) is 7.79. The van der Waals surface area contributed by atoms with Crippen LogP contribution in [-0.2, 0) is 0 Å². The number of piperazine rings is 1. The molecule has 5 heteroatoms. The van der Waals surface area contributed by atoms with Gasteiger partial charge in [0.1, 0.15) is 0 Å². The van der Waals surface area contributed by atoms with Crippen LogP contribution in [0.15, 0.2) is 30.5 Å². The summed E-state index contributed by atoms with van der Waals surface area (Å²) in [5.41, 5.74) is 2.07. The standard InChI is InChI=1S/C16H21ClN4/c1-20-8-10-21(11-9-20)7-6-19-15-4-5-18-16-12-13(17)2-3-14(15)16/h2-5,12H,6-11H2,1H3,(H,18,19). The van der Waals surface area contributed by atoms with Crippen LogP contribution in [0.1, 0.15) is 0 Å². The minimum Gasteiger partial charge on any atom is -0.383 e. The zero-order valence-electron chi connectivity index (χ0n) is 12.3. The third-order valence-electron chi connectivity index (χ3n) is 4.04. The Bertz CT molecular complexity index is 608. The molecule has 1 aromatic heterocycles. The average molecular weight is 305 g/mol. The van der Waals surface area contributed by atoms with Crippen molar-refractivity contribution in [2.24, 2.45) is 0 Å². The second-order valence-electron chi connectivity index (χ2n) is 5.59. The van der Waals surface area contributed by atoms with Gasteiger partial charge in [-0.2, -0.15) is 0 Å². The fraction of sp³-hybridized carbons (Fsp3) is 0.438. The Morgan fingerprint density at radius 3 is 2.81 bits per heavy atom. The van der Waals surface area contributed by atoms with E-state index < -0.39 is 0 Å². The molecule has 1 saturated heterocycles. The van der Waals surface area contributed by atoms with Gasteiger partial charge in [-0.3, -0.25) is 9.88 Å². The van der Waals surface area contributed by atoms with Gasteiger partial charge in [-0.1, -0.05) is 11.6 Å². The lowest BCUT2D eigenvalue weighted by Crippen LogP contribution is -2.45. The first kappa shape index (κ1) is 14.6. The highest BCUT2D eigenvalue weighted by Gasteiger charge is 2.12. The van der Waals surface area contributed by atoms with Crippen molar-refractivity contribution in [3.8, 4) is 0 Å². The first-order chi connectivity index (χ1) is 10.2. The van der Waals surface area contributed by atoms with Crippen LogP contribution in [0.5, 0.6) is 0 Å². The van der Waals surface area contributed by atoms with Crippen molar-refractivity contribution < 1.29 is 0 Å². The highest BCUT2D eigenvalue weighted by molar-refractivity contribution is 6.31. The smallest absolute Gasteiger partial charge is 0.0737 e. The van der Waals surface area contributed by atoms with E-state index in [1.165, 1.54) is 0 Å². The van der Waals surface area contributed by atoms with Crippen molar-refractivity contribution >= 4 is 28.2 Å². The summed E-state index contributed by atoms with van der Waals surface area (Å²) in [7, 11) is 2.18. The van der Waals surface area contributed by atoms with Gasteiger partial charge in [0.05, 0.1) is 5.52 Å². The molecule has 4 nitrogen and oxygen atoms in total. The summed E-state index contributed by atoms with van der Waals surface area (Å²) in [6, 6.07) is 7.88. The van der Waals surface area contributed by atoms with Crippen LogP contribution in [0.4, 0.5) is 5.69 Å². The summed E-state index contributed by atoms with van der Waals surface area (Å²) in [4.78, 5) is 9.25. The summed E-state index contributed by atoms with van der Waals surface area (Å²) < 4.78 is 0. The van der Waals surface area contributed by atoms with Crippen LogP contribution in [0, 0.1) is 0 Å². The molecule has 2 heterocycles. The van der Waals surface area contributed by atoms with Crippen molar-refractivity contribution in [1.82, 2.24) is 14.8 Å². The fourth-order valence-corrected chi connectivity index (χ4v) is 2.86. The highest BCUT2D eigenvalue weighted by Crippen LogP contribution is 2.24. The Kier molecular flexibility index (Phi) is 4.58. The zero-order chi connectivity index (χ0) is 14.7. The molecule has 0 spiro atoms. The number of halogens is 1. The van der Waals surface area contributed by atoms with Gasteiger partial charge in [-0.25, -0.2) is 0 Å². The molecule has 21 heavy (non-hydrogen) atoms. The second kappa shape index (κ2) is 6.60. The Morgan fingerprint density at radius 2 is 2.00 bits per heavy atom. The van der Waals surface area contributed by atoms with Crippen molar-refractivity contribution in [2.75, 3.05) is 51.6 Å². The van der Waals surface area contributed by atoms with E-state index in [-0.39, 0.29) is 0 Å². The molecule has 1 fully saturated rings. The number of nitrogens with zero attached hydrogens (tertiary/aromatic N) is 3. The molecule has 1 aliphatic heterocycles. The van der Waals surface area contributed by atoms with Gasteiger partial charge in [0, 0.05) is 61.6 Å². The molecule has 2 aromatic rings. The van der Waals surface area contributed by atoms with E-state index in [9.17, 15) is 0 Å². The lowest BCUT2D eigenvalue weighted by Gasteiger charge is -2.32. The van der Waals surface area contributed by atoms with Gasteiger partial charge in [0.25, 0.3) is 0 Å². The van der Waals surface area contributed by atoms with Gasteiger partial charge in [0.2, 0.25) is 0 Å². The average Bonchev–Trinajstić information content (AvgIpc) is 2.49. The monoisotopic (exact) mass is 304 g/mol. The Morgan fingerprint density at radius 1 is 1.19 bits per heavy atom. The predicted octanol–water partition coefficient (Wildman–Crippen LogP) is 2.55. The molecule has 0 bridgehead atoms. The van der Waals surface area contributed by atoms with Crippen LogP contribution in [0.2, 0.25) is 5.02 Å². The molecule has 0 unspecified atom stereocenters. The zero-order valence-corrected chi connectivity index (χ0v) is 13.1. The van der Waals surface area contributed by atoms with Crippen molar-refractivity contribution in [1.29, 1.82) is 0 Å². The maximum Gasteiger partial charge on any atom is 0.0737 e. The normalized spacial score (nSPS) is 17.2. The molecular formula is C16H21ClN4. The molecule has 1 aliphatic rings. The van der Waals surface area contributed by atoms with E-state index in [0.29, 0.717) is 0 Å². The summed E-state index contributed by atoms with van der Waals surface area (Å²) in [5, 5.41) is 5.38. The largest absolute Gasteiger partial charge is 0.383 e. The number of hydrogen-bond donors (Lipinski definition) is 1. The third kappa shape index (κ3) is 3.64. The minimum atomic E-state index is 0.726. The first-order valence-electron chi connectivity index (χ1n) is 7.41. The van der Waals surface area contributed by atoms with Crippen molar-refractivity contribution in [3.63, 3.8) is 0 Å². The molecule has 1 N–H and O–H groups in total. The highest BCUT2D eigenvalue weighted by atomic mass is 35.5. The van der Waals surface area contributed by atoms with Crippen LogP contribution in [-0.4, -0.2) is 61.1 Å². The molecule has 0 saturated carbocycles. The predicted molar refractivity (Wildman–Crippen MR) is 89.2 cm³/mol. The SMILES string of the molecule is CN1CCN(CCNc2ccnc3cc(Cl)ccc23)CC1. The quantitative estimate of drug-likeness (QED) is 0.940. The third-order valence-corrected chi connectivity index (χ3v) is 4.28. The molecule has 1 aromatic carbocycles. The second-order valence-corrected chi connectivity index (χ2v) is 6.03. The number of pyridine rings is 1. The molecule has 3 rings (SSSR count). The van der Waals surface area contributed by atoms with E-state index in [1.54, 1.807) is 0 Å². The molecule has 0 atom stereocenters. The lowest BCUT2D eigenvalue weighted by atomic mass is 10.2. The number of hydrogen-bond acceptors (Lipinski definition) is 4. The molecular weight excluding hydrogens is 284 g/mol. The Hall–Kier alpha value is -1.36. The van der Waals surface area contributed by atoms with Gasteiger partial charge in [-0.05, 0) is 31.3 Å². The van der Waals surface area contributed by atoms with Gasteiger partial charge < -0.3 is 10.2 Å². The van der Waals surface area contributed by atoms with Crippen LogP contribution in [0.25, 0.3) is 10.9 Å². The maximum atomic E-state index is 6.02. The number of benzene rings is 1. The van der Waals surface area contributed by atoms with Crippen LogP contribution >= 0.6 is 11.6 Å². The van der Waals surface area contributed by atoms with Crippen LogP contribution < -0.4 is 5.32 Å². The summed E-state index contributed by atoms with van der Waals surface area (Å²) in [6.45, 7) is 6.67. The van der Waals surface area contributed by atoms with E-state index >= 15 is 0 Å². The Labute approximate surface area is 130 Å². The van der Waals surface area contributed by atoms with Gasteiger partial charge in [-0.15, -0.1) is 0 Å². The maximum absolute atomic E-state index is 6.02. The fourth-order valence-electron chi connectivity index (χ4n) is 2.70. The van der Waals surface area contributed by atoms with Gasteiger partial charge >= 0.3 is 0 Å². The molecule has 112 valence electrons. The van der Waals surface area contributed by atoms with E-state index in [1.807, 2.05) is 30.5 Å². The number of likely N-dealkylation sites (N-methyl/N-ethyl adjacent to an activating group) is 1. The summed E-state index contributed by atoms with van der Waals surface area (Å²) in [5.74, 6) is 0. The topological polar surface area (TPSA) is 31.4 Å². The number of aromatic nitrogens is 1. The Balaban J connectivity index is 1.60. The summed E-state index contributed by atoms with van der Waals surface area (Å²) >= 11 is 6.02. The number of anilines is 1. The van der Waals surface area contributed by atoms with E-state index in [4.69, 9.17) is 11.6 Å². The van der Waals surface area contributed by atoms with Crippen molar-refractivity contribution in [3.05, 3.63) is 35.5 Å². The van der Waals surface area contributed by atoms with Crippen molar-refractivity contribution in [2.45, 2.75) is 0 Å². The lowest BCUT2D eigenvalue weighted by molar-refractivity contribution is 0.158. The van der Waals surface area contributed by atoms with Crippen LogP contribution in [0.3, 0.4) is 0 Å².